The summed E-state index contributed by atoms with van der Waals surface area (Å²) in [6.07, 6.45) is 6.63. The zero-order chi connectivity index (χ0) is 20.1. The molecule has 8 nitrogen and oxygen atoms in total. The third-order valence-corrected chi connectivity index (χ3v) is 4.89. The van der Waals surface area contributed by atoms with E-state index < -0.39 is 5.60 Å². The van der Waals surface area contributed by atoms with Crippen LogP contribution in [0.2, 0.25) is 0 Å². The first-order valence-electron chi connectivity index (χ1n) is 9.68. The molecule has 28 heavy (non-hydrogen) atoms. The lowest BCUT2D eigenvalue weighted by Crippen LogP contribution is -2.43. The quantitative estimate of drug-likeness (QED) is 0.779. The fourth-order valence-electron chi connectivity index (χ4n) is 3.57. The molecule has 3 heterocycles. The maximum Gasteiger partial charge on any atom is 0.410 e. The van der Waals surface area contributed by atoms with Crippen LogP contribution in [0.5, 0.6) is 0 Å². The molecule has 0 aromatic carbocycles. The molecular formula is C20H29N5O3. The van der Waals surface area contributed by atoms with Crippen LogP contribution in [0, 0.1) is 5.92 Å². The van der Waals surface area contributed by atoms with E-state index in [4.69, 9.17) is 9.26 Å². The lowest BCUT2D eigenvalue weighted by molar-refractivity contribution is 0.0168. The summed E-state index contributed by atoms with van der Waals surface area (Å²) in [4.78, 5) is 24.7. The zero-order valence-corrected chi connectivity index (χ0v) is 17.0. The van der Waals surface area contributed by atoms with E-state index in [1.165, 1.54) is 6.33 Å². The summed E-state index contributed by atoms with van der Waals surface area (Å²) in [5.74, 6) is 1.05. The van der Waals surface area contributed by atoms with Gasteiger partial charge in [0.2, 0.25) is 5.89 Å². The molecule has 1 aliphatic heterocycles. The van der Waals surface area contributed by atoms with Crippen LogP contribution in [0.15, 0.2) is 35.4 Å². The van der Waals surface area contributed by atoms with Gasteiger partial charge in [-0.25, -0.2) is 4.79 Å². The van der Waals surface area contributed by atoms with Gasteiger partial charge in [0.1, 0.15) is 11.6 Å². The van der Waals surface area contributed by atoms with E-state index in [1.807, 2.05) is 32.9 Å². The molecule has 2 aromatic rings. The summed E-state index contributed by atoms with van der Waals surface area (Å²) in [7, 11) is 2.07. The van der Waals surface area contributed by atoms with Gasteiger partial charge < -0.3 is 14.2 Å². The van der Waals surface area contributed by atoms with Crippen molar-refractivity contribution in [2.24, 2.45) is 5.92 Å². The Bertz CT molecular complexity index is 737. The highest BCUT2D eigenvalue weighted by molar-refractivity contribution is 5.68. The number of piperidine rings is 1. The van der Waals surface area contributed by atoms with Crippen molar-refractivity contribution in [3.8, 4) is 0 Å². The van der Waals surface area contributed by atoms with Gasteiger partial charge in [-0.2, -0.15) is 4.98 Å². The SMILES string of the molecule is CN(CC1CCN(C(=O)OC(C)(C)C)CC1)C(c1ccncc1)c1ncno1. The van der Waals surface area contributed by atoms with E-state index in [0.29, 0.717) is 24.9 Å². The predicted octanol–water partition coefficient (Wildman–Crippen LogP) is 3.13. The first-order valence-corrected chi connectivity index (χ1v) is 9.68. The van der Waals surface area contributed by atoms with Crippen LogP contribution in [-0.2, 0) is 4.74 Å². The van der Waals surface area contributed by atoms with E-state index in [0.717, 1.165) is 24.9 Å². The van der Waals surface area contributed by atoms with E-state index >= 15 is 0 Å². The van der Waals surface area contributed by atoms with E-state index in [1.54, 1.807) is 17.3 Å². The molecule has 0 radical (unpaired) electrons. The monoisotopic (exact) mass is 387 g/mol. The molecule has 8 heteroatoms. The minimum Gasteiger partial charge on any atom is -0.444 e. The number of hydrogen-bond donors (Lipinski definition) is 0. The Hall–Kier alpha value is -2.48. The second kappa shape index (κ2) is 8.68. The minimum absolute atomic E-state index is 0.116. The molecule has 0 bridgehead atoms. The minimum atomic E-state index is -0.462. The van der Waals surface area contributed by atoms with Crippen molar-refractivity contribution in [3.63, 3.8) is 0 Å². The Balaban J connectivity index is 1.60. The lowest BCUT2D eigenvalue weighted by atomic mass is 9.95. The molecule has 0 saturated carbocycles. The highest BCUT2D eigenvalue weighted by Crippen LogP contribution is 2.28. The van der Waals surface area contributed by atoms with Gasteiger partial charge in [-0.3, -0.25) is 9.88 Å². The first kappa shape index (κ1) is 20.3. The molecule has 1 saturated heterocycles. The summed E-state index contributed by atoms with van der Waals surface area (Å²) in [6, 6.07) is 3.82. The van der Waals surface area contributed by atoms with Gasteiger partial charge in [-0.1, -0.05) is 5.16 Å². The van der Waals surface area contributed by atoms with Gasteiger partial charge in [0, 0.05) is 32.0 Å². The van der Waals surface area contributed by atoms with Gasteiger partial charge in [-0.15, -0.1) is 0 Å². The highest BCUT2D eigenvalue weighted by Gasteiger charge is 2.30. The van der Waals surface area contributed by atoms with Crippen molar-refractivity contribution in [1.29, 1.82) is 0 Å². The van der Waals surface area contributed by atoms with Crippen molar-refractivity contribution in [3.05, 3.63) is 42.3 Å². The van der Waals surface area contributed by atoms with Crippen LogP contribution in [0.25, 0.3) is 0 Å². The summed E-state index contributed by atoms with van der Waals surface area (Å²) in [5, 5.41) is 3.77. The summed E-state index contributed by atoms with van der Waals surface area (Å²) in [6.45, 7) is 7.98. The van der Waals surface area contributed by atoms with Gasteiger partial charge >= 0.3 is 6.09 Å². The number of amides is 1. The van der Waals surface area contributed by atoms with Crippen LogP contribution >= 0.6 is 0 Å². The van der Waals surface area contributed by atoms with Crippen molar-refractivity contribution in [2.45, 2.75) is 45.3 Å². The van der Waals surface area contributed by atoms with Crippen LogP contribution in [-0.4, -0.2) is 63.3 Å². The number of carbonyl (C=O) groups is 1. The molecule has 0 spiro atoms. The topological polar surface area (TPSA) is 84.6 Å². The maximum atomic E-state index is 12.3. The maximum absolute atomic E-state index is 12.3. The molecule has 1 atom stereocenters. The van der Waals surface area contributed by atoms with Crippen molar-refractivity contribution >= 4 is 6.09 Å². The van der Waals surface area contributed by atoms with Crippen LogP contribution in [0.3, 0.4) is 0 Å². The Morgan fingerprint density at radius 2 is 2.00 bits per heavy atom. The number of nitrogens with zero attached hydrogens (tertiary/aromatic N) is 5. The standard InChI is InChI=1S/C20H29N5O3/c1-20(2,3)27-19(26)25-11-7-15(8-12-25)13-24(4)17(18-22-14-23-28-18)16-5-9-21-10-6-16/h5-6,9-10,14-15,17H,7-8,11-13H2,1-4H3. The van der Waals surface area contributed by atoms with Gasteiger partial charge in [0.15, 0.2) is 6.33 Å². The van der Waals surface area contributed by atoms with Gasteiger partial charge in [0.25, 0.3) is 0 Å². The molecule has 1 fully saturated rings. The number of aromatic nitrogens is 3. The molecule has 152 valence electrons. The second-order valence-electron chi connectivity index (χ2n) is 8.31. The average Bonchev–Trinajstić information content (AvgIpc) is 3.16. The number of likely N-dealkylation sites (tertiary alicyclic amines) is 1. The van der Waals surface area contributed by atoms with Crippen molar-refractivity contribution < 1.29 is 14.1 Å². The Morgan fingerprint density at radius 3 is 2.57 bits per heavy atom. The van der Waals surface area contributed by atoms with Crippen molar-refractivity contribution in [1.82, 2.24) is 24.9 Å². The number of rotatable bonds is 5. The molecule has 0 N–H and O–H groups in total. The highest BCUT2D eigenvalue weighted by atomic mass is 16.6. The molecule has 1 unspecified atom stereocenters. The van der Waals surface area contributed by atoms with Crippen molar-refractivity contribution in [2.75, 3.05) is 26.7 Å². The number of pyridine rings is 1. The average molecular weight is 387 g/mol. The third-order valence-electron chi connectivity index (χ3n) is 4.89. The normalized spacial score (nSPS) is 17.0. The molecule has 1 aliphatic rings. The second-order valence-corrected chi connectivity index (χ2v) is 8.31. The van der Waals surface area contributed by atoms with Crippen LogP contribution in [0.1, 0.15) is 51.1 Å². The predicted molar refractivity (Wildman–Crippen MR) is 104 cm³/mol. The van der Waals surface area contributed by atoms with E-state index in [9.17, 15) is 4.79 Å². The smallest absolute Gasteiger partial charge is 0.410 e. The van der Waals surface area contributed by atoms with Gasteiger partial charge in [-0.05, 0) is 64.3 Å². The largest absolute Gasteiger partial charge is 0.444 e. The molecule has 0 aliphatic carbocycles. The van der Waals surface area contributed by atoms with Crippen LogP contribution in [0.4, 0.5) is 4.79 Å². The number of hydrogen-bond acceptors (Lipinski definition) is 7. The first-order chi connectivity index (χ1) is 13.3. The Labute approximate surface area is 165 Å². The number of carbonyl (C=O) groups excluding carboxylic acids is 1. The fourth-order valence-corrected chi connectivity index (χ4v) is 3.57. The molecule has 1 amide bonds. The lowest BCUT2D eigenvalue weighted by Gasteiger charge is -2.36. The van der Waals surface area contributed by atoms with Gasteiger partial charge in [0.05, 0.1) is 0 Å². The Kier molecular flexibility index (Phi) is 6.28. The Morgan fingerprint density at radius 1 is 1.32 bits per heavy atom. The molecule has 2 aromatic heterocycles. The summed E-state index contributed by atoms with van der Waals surface area (Å²) >= 11 is 0. The van der Waals surface area contributed by atoms with Crippen LogP contribution < -0.4 is 0 Å². The molecular weight excluding hydrogens is 358 g/mol. The molecule has 3 rings (SSSR count). The summed E-state index contributed by atoms with van der Waals surface area (Å²) < 4.78 is 10.8. The number of ether oxygens (including phenoxy) is 1. The zero-order valence-electron chi connectivity index (χ0n) is 17.0. The fraction of sp³-hybridized carbons (Fsp3) is 0.600. The van der Waals surface area contributed by atoms with E-state index in [2.05, 4.69) is 27.1 Å². The van der Waals surface area contributed by atoms with E-state index in [-0.39, 0.29) is 12.1 Å². The third kappa shape index (κ3) is 5.28. The summed E-state index contributed by atoms with van der Waals surface area (Å²) in [5.41, 5.74) is 0.601.